The van der Waals surface area contributed by atoms with E-state index in [0.717, 1.165) is 17.0 Å². The first-order valence-corrected chi connectivity index (χ1v) is 7.18. The fourth-order valence-corrected chi connectivity index (χ4v) is 2.43. The van der Waals surface area contributed by atoms with Gasteiger partial charge in [0.15, 0.2) is 0 Å². The maximum absolute atomic E-state index is 12.9. The minimum atomic E-state index is -0.199. The molecule has 0 aliphatic carbocycles. The van der Waals surface area contributed by atoms with Gasteiger partial charge in [-0.05, 0) is 55.7 Å². The van der Waals surface area contributed by atoms with E-state index in [1.165, 1.54) is 17.7 Å². The molecule has 0 amide bonds. The third-order valence-corrected chi connectivity index (χ3v) is 3.61. The molecule has 0 spiro atoms. The summed E-state index contributed by atoms with van der Waals surface area (Å²) < 4.78 is 12.9. The van der Waals surface area contributed by atoms with Crippen molar-refractivity contribution in [2.45, 2.75) is 32.4 Å². The number of hydrogen-bond donors (Lipinski definition) is 1. The first-order valence-electron chi connectivity index (χ1n) is 6.80. The zero-order valence-corrected chi connectivity index (χ0v) is 12.5. The van der Waals surface area contributed by atoms with Gasteiger partial charge in [0, 0.05) is 17.1 Å². The zero-order valence-electron chi connectivity index (χ0n) is 11.7. The molecule has 0 aromatic heterocycles. The predicted molar refractivity (Wildman–Crippen MR) is 82.6 cm³/mol. The highest BCUT2D eigenvalue weighted by Gasteiger charge is 2.10. The fraction of sp³-hybridized carbons (Fsp3) is 0.294. The molecule has 0 aliphatic heterocycles. The molecular formula is C17H19ClFN. The van der Waals surface area contributed by atoms with Crippen LogP contribution in [-0.2, 0) is 6.42 Å². The molecule has 106 valence electrons. The summed E-state index contributed by atoms with van der Waals surface area (Å²) in [6.45, 7) is 4.24. The first kappa shape index (κ1) is 15.0. The highest BCUT2D eigenvalue weighted by Crippen LogP contribution is 2.15. The summed E-state index contributed by atoms with van der Waals surface area (Å²) in [7, 11) is 0. The SMILES string of the molecule is CC(Cc1ccc(Cl)cc1)NC(C)c1ccc(F)cc1. The number of nitrogens with one attached hydrogen (secondary N) is 1. The van der Waals surface area contributed by atoms with Gasteiger partial charge >= 0.3 is 0 Å². The van der Waals surface area contributed by atoms with E-state index in [9.17, 15) is 4.39 Å². The molecule has 1 nitrogen and oxygen atoms in total. The van der Waals surface area contributed by atoms with Crippen molar-refractivity contribution in [3.05, 3.63) is 70.5 Å². The van der Waals surface area contributed by atoms with Gasteiger partial charge in [0.2, 0.25) is 0 Å². The van der Waals surface area contributed by atoms with Gasteiger partial charge in [-0.15, -0.1) is 0 Å². The summed E-state index contributed by atoms with van der Waals surface area (Å²) in [6, 6.07) is 15.1. The van der Waals surface area contributed by atoms with E-state index in [1.54, 1.807) is 0 Å². The Balaban J connectivity index is 1.92. The number of hydrogen-bond acceptors (Lipinski definition) is 1. The van der Waals surface area contributed by atoms with Gasteiger partial charge in [0.25, 0.3) is 0 Å². The second-order valence-electron chi connectivity index (χ2n) is 5.17. The Morgan fingerprint density at radius 2 is 1.60 bits per heavy atom. The van der Waals surface area contributed by atoms with Gasteiger partial charge in [-0.25, -0.2) is 4.39 Å². The topological polar surface area (TPSA) is 12.0 Å². The van der Waals surface area contributed by atoms with Gasteiger partial charge in [0.05, 0.1) is 0 Å². The third kappa shape index (κ3) is 4.32. The quantitative estimate of drug-likeness (QED) is 0.837. The van der Waals surface area contributed by atoms with E-state index in [2.05, 4.69) is 19.2 Å². The summed E-state index contributed by atoms with van der Waals surface area (Å²) in [5.41, 5.74) is 2.34. The predicted octanol–water partition coefficient (Wildman–Crippen LogP) is 4.76. The van der Waals surface area contributed by atoms with Crippen LogP contribution >= 0.6 is 11.6 Å². The molecule has 2 rings (SSSR count). The Hall–Kier alpha value is -1.38. The smallest absolute Gasteiger partial charge is 0.123 e. The molecule has 1 N–H and O–H groups in total. The first-order chi connectivity index (χ1) is 9.54. The average molecular weight is 292 g/mol. The van der Waals surface area contributed by atoms with Crippen LogP contribution in [0.2, 0.25) is 5.02 Å². The van der Waals surface area contributed by atoms with Crippen LogP contribution in [0, 0.1) is 5.82 Å². The molecule has 0 bridgehead atoms. The van der Waals surface area contributed by atoms with E-state index >= 15 is 0 Å². The van der Waals surface area contributed by atoms with Crippen molar-refractivity contribution < 1.29 is 4.39 Å². The second-order valence-corrected chi connectivity index (χ2v) is 5.61. The monoisotopic (exact) mass is 291 g/mol. The second kappa shape index (κ2) is 6.87. The Bertz CT molecular complexity index is 536. The van der Waals surface area contributed by atoms with Crippen LogP contribution in [0.25, 0.3) is 0 Å². The lowest BCUT2D eigenvalue weighted by atomic mass is 10.0. The van der Waals surface area contributed by atoms with Gasteiger partial charge < -0.3 is 5.32 Å². The number of rotatable bonds is 5. The fourth-order valence-electron chi connectivity index (χ4n) is 2.31. The maximum atomic E-state index is 12.9. The molecule has 2 aromatic carbocycles. The molecule has 3 heteroatoms. The van der Waals surface area contributed by atoms with E-state index in [0.29, 0.717) is 6.04 Å². The van der Waals surface area contributed by atoms with Crippen LogP contribution in [-0.4, -0.2) is 6.04 Å². The lowest BCUT2D eigenvalue weighted by molar-refractivity contribution is 0.476. The van der Waals surface area contributed by atoms with Crippen molar-refractivity contribution in [1.82, 2.24) is 5.32 Å². The molecule has 0 heterocycles. The van der Waals surface area contributed by atoms with Crippen LogP contribution in [0.3, 0.4) is 0 Å². The van der Waals surface area contributed by atoms with Crippen LogP contribution in [0.1, 0.15) is 31.0 Å². The van der Waals surface area contributed by atoms with Crippen LogP contribution < -0.4 is 5.32 Å². The standard InChI is InChI=1S/C17H19ClFN/c1-12(11-14-3-7-16(18)8-4-14)20-13(2)15-5-9-17(19)10-6-15/h3-10,12-13,20H,11H2,1-2H3. The Labute approximate surface area is 124 Å². The molecule has 0 saturated carbocycles. The van der Waals surface area contributed by atoms with Crippen LogP contribution in [0.15, 0.2) is 48.5 Å². The van der Waals surface area contributed by atoms with Crippen LogP contribution in [0.5, 0.6) is 0 Å². The zero-order chi connectivity index (χ0) is 14.5. The molecule has 2 aromatic rings. The molecule has 0 aliphatic rings. The van der Waals surface area contributed by atoms with Crippen molar-refractivity contribution in [2.75, 3.05) is 0 Å². The molecule has 20 heavy (non-hydrogen) atoms. The summed E-state index contributed by atoms with van der Waals surface area (Å²) in [6.07, 6.45) is 0.933. The summed E-state index contributed by atoms with van der Waals surface area (Å²) in [5.74, 6) is -0.199. The van der Waals surface area contributed by atoms with Gasteiger partial charge in [-0.2, -0.15) is 0 Å². The lowest BCUT2D eigenvalue weighted by Gasteiger charge is -2.20. The minimum absolute atomic E-state index is 0.193. The van der Waals surface area contributed by atoms with Crippen LogP contribution in [0.4, 0.5) is 4.39 Å². The maximum Gasteiger partial charge on any atom is 0.123 e. The molecule has 0 radical (unpaired) electrons. The highest BCUT2D eigenvalue weighted by atomic mass is 35.5. The largest absolute Gasteiger partial charge is 0.307 e. The van der Waals surface area contributed by atoms with Crippen molar-refractivity contribution in [3.63, 3.8) is 0 Å². The summed E-state index contributed by atoms with van der Waals surface area (Å²) in [5, 5.41) is 4.28. The lowest BCUT2D eigenvalue weighted by Crippen LogP contribution is -2.30. The van der Waals surface area contributed by atoms with Crippen molar-refractivity contribution >= 4 is 11.6 Å². The van der Waals surface area contributed by atoms with E-state index in [1.807, 2.05) is 36.4 Å². The van der Waals surface area contributed by atoms with Gasteiger partial charge in [-0.3, -0.25) is 0 Å². The summed E-state index contributed by atoms with van der Waals surface area (Å²) in [4.78, 5) is 0. The molecule has 2 atom stereocenters. The van der Waals surface area contributed by atoms with Gasteiger partial charge in [-0.1, -0.05) is 35.9 Å². The van der Waals surface area contributed by atoms with Gasteiger partial charge in [0.1, 0.15) is 5.82 Å². The molecule has 2 unspecified atom stereocenters. The van der Waals surface area contributed by atoms with E-state index in [4.69, 9.17) is 11.6 Å². The van der Waals surface area contributed by atoms with E-state index in [-0.39, 0.29) is 11.9 Å². The normalized spacial score (nSPS) is 14.0. The van der Waals surface area contributed by atoms with E-state index < -0.39 is 0 Å². The van der Waals surface area contributed by atoms with Crippen molar-refractivity contribution in [3.8, 4) is 0 Å². The number of benzene rings is 2. The molecular weight excluding hydrogens is 273 g/mol. The average Bonchev–Trinajstić information content (AvgIpc) is 2.42. The Morgan fingerprint density at radius 1 is 1.00 bits per heavy atom. The Kier molecular flexibility index (Phi) is 5.16. The highest BCUT2D eigenvalue weighted by molar-refractivity contribution is 6.30. The van der Waals surface area contributed by atoms with Crippen molar-refractivity contribution in [1.29, 1.82) is 0 Å². The molecule has 0 fully saturated rings. The Morgan fingerprint density at radius 3 is 2.20 bits per heavy atom. The third-order valence-electron chi connectivity index (χ3n) is 3.36. The minimum Gasteiger partial charge on any atom is -0.307 e. The molecule has 0 saturated heterocycles. The number of halogens is 2. The van der Waals surface area contributed by atoms with Crippen molar-refractivity contribution in [2.24, 2.45) is 0 Å². The summed E-state index contributed by atoms with van der Waals surface area (Å²) >= 11 is 5.88.